The Bertz CT molecular complexity index is 139. The Morgan fingerprint density at radius 2 is 2.55 bits per heavy atom. The van der Waals surface area contributed by atoms with E-state index >= 15 is 0 Å². The maximum Gasteiger partial charge on any atom is 0.0963 e. The molecule has 2 N–H and O–H groups in total. The maximum absolute atomic E-state index is 5.63. The van der Waals surface area contributed by atoms with Crippen LogP contribution in [0, 0.1) is 0 Å². The number of hydrogen-bond acceptors (Lipinski definition) is 2. The Balaban J connectivity index is 2.23. The topological polar surface area (TPSA) is 47.6 Å². The minimum Gasteiger partial charge on any atom is -0.387 e. The molecule has 1 unspecified atom stereocenters. The van der Waals surface area contributed by atoms with Crippen molar-refractivity contribution in [3.8, 4) is 0 Å². The van der Waals surface area contributed by atoms with E-state index in [9.17, 15) is 0 Å². The lowest BCUT2D eigenvalue weighted by molar-refractivity contribution is 0.116. The Morgan fingerprint density at radius 1 is 1.73 bits per heavy atom. The normalized spacial score (nSPS) is 25.9. The Morgan fingerprint density at radius 3 is 3.09 bits per heavy atom. The summed E-state index contributed by atoms with van der Waals surface area (Å²) in [6.07, 6.45) is 3.46. The number of hydrogen-bond donors (Lipinski definition) is 1. The van der Waals surface area contributed by atoms with Gasteiger partial charge < -0.3 is 10.5 Å². The van der Waals surface area contributed by atoms with Crippen LogP contribution < -0.4 is 5.73 Å². The lowest BCUT2D eigenvalue weighted by Gasteiger charge is -2.07. The average Bonchev–Trinajstić information content (AvgIpc) is 2.40. The number of ether oxygens (including phenoxy) is 1. The lowest BCUT2D eigenvalue weighted by atomic mass is 10.2. The van der Waals surface area contributed by atoms with Crippen LogP contribution in [0.25, 0.3) is 0 Å². The molecule has 3 nitrogen and oxygen atoms in total. The molecule has 1 fully saturated rings. The van der Waals surface area contributed by atoms with Gasteiger partial charge in [0.25, 0.3) is 0 Å². The van der Waals surface area contributed by atoms with Gasteiger partial charge in [-0.1, -0.05) is 0 Å². The van der Waals surface area contributed by atoms with E-state index in [0.29, 0.717) is 6.10 Å². The van der Waals surface area contributed by atoms with Crippen molar-refractivity contribution in [2.45, 2.75) is 32.3 Å². The van der Waals surface area contributed by atoms with Gasteiger partial charge in [-0.2, -0.15) is 0 Å². The van der Waals surface area contributed by atoms with Crippen LogP contribution in [-0.4, -0.2) is 25.1 Å². The molecule has 0 aliphatic carbocycles. The highest BCUT2D eigenvalue weighted by Crippen LogP contribution is 2.14. The number of rotatable bonds is 3. The molecule has 1 heterocycles. The van der Waals surface area contributed by atoms with Crippen molar-refractivity contribution in [2.24, 2.45) is 10.7 Å². The number of aliphatic imine (C=N–C) groups is 1. The third-order valence-corrected chi connectivity index (χ3v) is 1.82. The second-order valence-electron chi connectivity index (χ2n) is 2.80. The van der Waals surface area contributed by atoms with E-state index in [-0.39, 0.29) is 0 Å². The van der Waals surface area contributed by atoms with Gasteiger partial charge in [0.05, 0.1) is 11.9 Å². The predicted octanol–water partition coefficient (Wildman–Crippen LogP) is 0.933. The third-order valence-electron chi connectivity index (χ3n) is 1.82. The molecule has 64 valence electrons. The first-order chi connectivity index (χ1) is 5.33. The van der Waals surface area contributed by atoms with E-state index in [1.807, 2.05) is 6.92 Å². The largest absolute Gasteiger partial charge is 0.387 e. The summed E-state index contributed by atoms with van der Waals surface area (Å²) in [5.74, 6) is 0.736. The highest BCUT2D eigenvalue weighted by Gasteiger charge is 2.16. The van der Waals surface area contributed by atoms with Crippen LogP contribution in [0.1, 0.15) is 26.2 Å². The number of amidine groups is 1. The van der Waals surface area contributed by atoms with Crippen LogP contribution in [0.4, 0.5) is 0 Å². The van der Waals surface area contributed by atoms with Crippen LogP contribution in [0.3, 0.4) is 0 Å². The number of nitrogens with two attached hydrogens (primary N) is 1. The predicted molar refractivity (Wildman–Crippen MR) is 45.8 cm³/mol. The van der Waals surface area contributed by atoms with Gasteiger partial charge in [-0.3, -0.25) is 4.99 Å². The van der Waals surface area contributed by atoms with E-state index in [0.717, 1.165) is 31.8 Å². The summed E-state index contributed by atoms with van der Waals surface area (Å²) in [5, 5.41) is 0. The molecule has 1 rings (SSSR count). The van der Waals surface area contributed by atoms with E-state index < -0.39 is 0 Å². The van der Waals surface area contributed by atoms with E-state index in [1.54, 1.807) is 0 Å². The van der Waals surface area contributed by atoms with Gasteiger partial charge in [0, 0.05) is 19.6 Å². The summed E-state index contributed by atoms with van der Waals surface area (Å²) >= 11 is 0. The first-order valence-electron chi connectivity index (χ1n) is 4.23. The molecule has 0 amide bonds. The molecule has 0 aromatic rings. The maximum atomic E-state index is 5.63. The molecule has 11 heavy (non-hydrogen) atoms. The Labute approximate surface area is 67.6 Å². The molecular weight excluding hydrogens is 140 g/mol. The first kappa shape index (κ1) is 8.53. The van der Waals surface area contributed by atoms with Crippen molar-refractivity contribution in [2.75, 3.05) is 13.2 Å². The Kier molecular flexibility index (Phi) is 3.36. The molecule has 0 aromatic heterocycles. The van der Waals surface area contributed by atoms with E-state index in [4.69, 9.17) is 10.5 Å². The third kappa shape index (κ3) is 2.89. The van der Waals surface area contributed by atoms with Crippen molar-refractivity contribution in [1.82, 2.24) is 0 Å². The fraction of sp³-hybridized carbons (Fsp3) is 0.875. The van der Waals surface area contributed by atoms with Crippen LogP contribution in [0.15, 0.2) is 4.99 Å². The van der Waals surface area contributed by atoms with E-state index in [2.05, 4.69) is 4.99 Å². The molecule has 0 aromatic carbocycles. The molecular formula is C8H16N2O. The van der Waals surface area contributed by atoms with Crippen molar-refractivity contribution < 1.29 is 4.74 Å². The molecule has 1 saturated heterocycles. The van der Waals surface area contributed by atoms with Gasteiger partial charge in [0.2, 0.25) is 0 Å². The summed E-state index contributed by atoms with van der Waals surface area (Å²) < 4.78 is 5.41. The number of nitrogens with zero attached hydrogens (tertiary/aromatic N) is 1. The minimum atomic E-state index is 0.338. The summed E-state index contributed by atoms with van der Waals surface area (Å²) in [5.41, 5.74) is 5.63. The summed E-state index contributed by atoms with van der Waals surface area (Å²) in [4.78, 5) is 4.10. The van der Waals surface area contributed by atoms with Gasteiger partial charge in [-0.05, 0) is 19.8 Å². The smallest absolute Gasteiger partial charge is 0.0963 e. The highest BCUT2D eigenvalue weighted by molar-refractivity contribution is 5.80. The van der Waals surface area contributed by atoms with Crippen molar-refractivity contribution in [3.05, 3.63) is 0 Å². The zero-order valence-corrected chi connectivity index (χ0v) is 7.05. The monoisotopic (exact) mass is 156 g/mol. The highest BCUT2D eigenvalue weighted by atomic mass is 16.5. The zero-order chi connectivity index (χ0) is 8.10. The fourth-order valence-electron chi connectivity index (χ4n) is 1.31. The molecule has 0 radical (unpaired) electrons. The van der Waals surface area contributed by atoms with Gasteiger partial charge >= 0.3 is 0 Å². The van der Waals surface area contributed by atoms with Crippen LogP contribution in [-0.2, 0) is 4.74 Å². The molecule has 0 bridgehead atoms. The summed E-state index contributed by atoms with van der Waals surface area (Å²) in [7, 11) is 0. The lowest BCUT2D eigenvalue weighted by Crippen LogP contribution is -2.20. The van der Waals surface area contributed by atoms with Crippen LogP contribution in [0.2, 0.25) is 0 Å². The standard InChI is InChI=1S/C8H16N2O/c1-2-10-8(9)6-7-4-3-5-11-7/h7H,2-6H2,1H3,(H2,9,10). The molecule has 3 heteroatoms. The van der Waals surface area contributed by atoms with Crippen molar-refractivity contribution in [3.63, 3.8) is 0 Å². The average molecular weight is 156 g/mol. The molecule has 1 atom stereocenters. The van der Waals surface area contributed by atoms with Crippen molar-refractivity contribution in [1.29, 1.82) is 0 Å². The summed E-state index contributed by atoms with van der Waals surface area (Å²) in [6, 6.07) is 0. The van der Waals surface area contributed by atoms with Crippen LogP contribution in [0.5, 0.6) is 0 Å². The SMILES string of the molecule is CCN=C(N)CC1CCCO1. The second-order valence-corrected chi connectivity index (χ2v) is 2.80. The van der Waals surface area contributed by atoms with Gasteiger partial charge in [-0.25, -0.2) is 0 Å². The van der Waals surface area contributed by atoms with Crippen molar-refractivity contribution >= 4 is 5.84 Å². The molecule has 0 spiro atoms. The molecule has 1 aliphatic heterocycles. The molecule has 0 saturated carbocycles. The van der Waals surface area contributed by atoms with Gasteiger partial charge in [0.1, 0.15) is 0 Å². The van der Waals surface area contributed by atoms with Gasteiger partial charge in [0.15, 0.2) is 0 Å². The van der Waals surface area contributed by atoms with Gasteiger partial charge in [-0.15, -0.1) is 0 Å². The van der Waals surface area contributed by atoms with Crippen LogP contribution >= 0.6 is 0 Å². The quantitative estimate of drug-likeness (QED) is 0.488. The Hall–Kier alpha value is -0.570. The zero-order valence-electron chi connectivity index (χ0n) is 7.05. The minimum absolute atomic E-state index is 0.338. The summed E-state index contributed by atoms with van der Waals surface area (Å²) in [6.45, 7) is 3.66. The first-order valence-corrected chi connectivity index (χ1v) is 4.23. The second kappa shape index (κ2) is 4.34. The molecule has 1 aliphatic rings. The van der Waals surface area contributed by atoms with E-state index in [1.165, 1.54) is 6.42 Å². The fourth-order valence-corrected chi connectivity index (χ4v) is 1.31.